The average Bonchev–Trinajstić information content (AvgIpc) is 2.76. The number of hydrogen-bond acceptors (Lipinski definition) is 4. The van der Waals surface area contributed by atoms with Gasteiger partial charge >= 0.3 is 0 Å². The maximum atomic E-state index is 5.80. The van der Waals surface area contributed by atoms with Gasteiger partial charge in [0.1, 0.15) is 5.52 Å². The first-order chi connectivity index (χ1) is 7.84. The van der Waals surface area contributed by atoms with Crippen molar-refractivity contribution in [3.8, 4) is 11.5 Å². The van der Waals surface area contributed by atoms with E-state index >= 15 is 0 Å². The molecule has 0 radical (unpaired) electrons. The van der Waals surface area contributed by atoms with Crippen LogP contribution in [0.1, 0.15) is 0 Å². The monoisotopic (exact) mass is 211 g/mol. The Morgan fingerprint density at radius 2 is 1.88 bits per heavy atom. The quantitative estimate of drug-likeness (QED) is 0.628. The first-order valence-electron chi connectivity index (χ1n) is 4.90. The molecule has 0 saturated carbocycles. The van der Waals surface area contributed by atoms with E-state index in [9.17, 15) is 0 Å². The molecule has 3 aromatic rings. The van der Waals surface area contributed by atoms with E-state index in [0.29, 0.717) is 17.2 Å². The van der Waals surface area contributed by atoms with Gasteiger partial charge in [-0.05, 0) is 24.3 Å². The number of benzene rings is 1. The summed E-state index contributed by atoms with van der Waals surface area (Å²) in [6.07, 6.45) is 3.40. The molecule has 0 aliphatic rings. The minimum absolute atomic E-state index is 0.565. The molecule has 16 heavy (non-hydrogen) atoms. The smallest absolute Gasteiger partial charge is 0.227 e. The van der Waals surface area contributed by atoms with Gasteiger partial charge < -0.3 is 10.2 Å². The van der Waals surface area contributed by atoms with Gasteiger partial charge in [0.05, 0.1) is 5.69 Å². The molecular formula is C12H9N3O. The number of nitrogen functional groups attached to an aromatic ring is 1. The van der Waals surface area contributed by atoms with Crippen molar-refractivity contribution >= 4 is 16.8 Å². The van der Waals surface area contributed by atoms with E-state index in [1.54, 1.807) is 18.5 Å². The van der Waals surface area contributed by atoms with Crippen molar-refractivity contribution in [1.82, 2.24) is 9.97 Å². The van der Waals surface area contributed by atoms with E-state index in [1.807, 2.05) is 24.3 Å². The summed E-state index contributed by atoms with van der Waals surface area (Å²) >= 11 is 0. The zero-order valence-corrected chi connectivity index (χ0v) is 8.42. The van der Waals surface area contributed by atoms with Crippen LogP contribution in [-0.4, -0.2) is 9.97 Å². The van der Waals surface area contributed by atoms with Crippen LogP contribution in [-0.2, 0) is 0 Å². The Bertz CT molecular complexity index is 631. The van der Waals surface area contributed by atoms with E-state index in [4.69, 9.17) is 10.2 Å². The second kappa shape index (κ2) is 3.34. The molecule has 2 aromatic heterocycles. The van der Waals surface area contributed by atoms with Crippen molar-refractivity contribution in [2.24, 2.45) is 0 Å². The van der Waals surface area contributed by atoms with E-state index in [1.165, 1.54) is 0 Å². The van der Waals surface area contributed by atoms with Gasteiger partial charge in [-0.25, -0.2) is 4.98 Å². The number of nitrogens with zero attached hydrogens (tertiary/aromatic N) is 2. The largest absolute Gasteiger partial charge is 0.434 e. The lowest BCUT2D eigenvalue weighted by molar-refractivity contribution is 0.621. The van der Waals surface area contributed by atoms with Crippen LogP contribution in [0.15, 0.2) is 47.1 Å². The first kappa shape index (κ1) is 8.91. The fourth-order valence-corrected chi connectivity index (χ4v) is 1.59. The van der Waals surface area contributed by atoms with Crippen LogP contribution in [0.3, 0.4) is 0 Å². The standard InChI is InChI=1S/C12H9N3O/c13-9-2-1-3-10-11(9)16-12(15-10)8-4-6-14-7-5-8/h1-7H,13H2. The van der Waals surface area contributed by atoms with Gasteiger partial charge in [0.25, 0.3) is 0 Å². The van der Waals surface area contributed by atoms with Gasteiger partial charge in [0.15, 0.2) is 5.58 Å². The number of hydrogen-bond donors (Lipinski definition) is 1. The molecule has 2 N–H and O–H groups in total. The number of aromatic nitrogens is 2. The second-order valence-electron chi connectivity index (χ2n) is 3.45. The third-order valence-electron chi connectivity index (χ3n) is 2.37. The molecular weight excluding hydrogens is 202 g/mol. The first-order valence-corrected chi connectivity index (χ1v) is 4.90. The van der Waals surface area contributed by atoms with E-state index < -0.39 is 0 Å². The highest BCUT2D eigenvalue weighted by atomic mass is 16.3. The minimum Gasteiger partial charge on any atom is -0.434 e. The molecule has 0 saturated heterocycles. The molecule has 0 fully saturated rings. The Kier molecular flexibility index (Phi) is 1.86. The fraction of sp³-hybridized carbons (Fsp3) is 0. The lowest BCUT2D eigenvalue weighted by Gasteiger charge is -1.92. The fourth-order valence-electron chi connectivity index (χ4n) is 1.59. The Morgan fingerprint density at radius 1 is 1.06 bits per heavy atom. The molecule has 2 heterocycles. The Hall–Kier alpha value is -2.36. The van der Waals surface area contributed by atoms with Crippen LogP contribution < -0.4 is 5.73 Å². The van der Waals surface area contributed by atoms with Gasteiger partial charge in [-0.1, -0.05) is 6.07 Å². The zero-order valence-electron chi connectivity index (χ0n) is 8.42. The summed E-state index contributed by atoms with van der Waals surface area (Å²) in [6, 6.07) is 9.22. The molecule has 0 bridgehead atoms. The third kappa shape index (κ3) is 1.32. The SMILES string of the molecule is Nc1cccc2nc(-c3ccncc3)oc12. The molecule has 4 heteroatoms. The Balaban J connectivity index is 2.23. The van der Waals surface area contributed by atoms with E-state index in [0.717, 1.165) is 11.1 Å². The average molecular weight is 211 g/mol. The highest BCUT2D eigenvalue weighted by Gasteiger charge is 2.09. The summed E-state index contributed by atoms with van der Waals surface area (Å²) in [5, 5.41) is 0. The lowest BCUT2D eigenvalue weighted by Crippen LogP contribution is -1.82. The number of oxazole rings is 1. The van der Waals surface area contributed by atoms with Crippen molar-refractivity contribution < 1.29 is 4.42 Å². The second-order valence-corrected chi connectivity index (χ2v) is 3.45. The summed E-state index contributed by atoms with van der Waals surface area (Å²) in [5.41, 5.74) is 8.70. The predicted molar refractivity (Wildman–Crippen MR) is 61.7 cm³/mol. The number of fused-ring (bicyclic) bond motifs is 1. The van der Waals surface area contributed by atoms with Crippen LogP contribution in [0.2, 0.25) is 0 Å². The van der Waals surface area contributed by atoms with E-state index in [-0.39, 0.29) is 0 Å². The number of rotatable bonds is 1. The van der Waals surface area contributed by atoms with Crippen LogP contribution in [0.5, 0.6) is 0 Å². The van der Waals surface area contributed by atoms with Gasteiger partial charge in [-0.15, -0.1) is 0 Å². The van der Waals surface area contributed by atoms with Crippen LogP contribution in [0, 0.1) is 0 Å². The van der Waals surface area contributed by atoms with Crippen molar-refractivity contribution in [2.75, 3.05) is 5.73 Å². The van der Waals surface area contributed by atoms with Gasteiger partial charge in [-0.3, -0.25) is 4.98 Å². The summed E-state index contributed by atoms with van der Waals surface area (Å²) in [5.74, 6) is 0.565. The molecule has 0 atom stereocenters. The molecule has 0 amide bonds. The normalized spacial score (nSPS) is 10.8. The van der Waals surface area contributed by atoms with Crippen LogP contribution in [0.4, 0.5) is 5.69 Å². The number of pyridine rings is 1. The maximum absolute atomic E-state index is 5.80. The predicted octanol–water partition coefficient (Wildman–Crippen LogP) is 2.47. The molecule has 78 valence electrons. The summed E-state index contributed by atoms with van der Waals surface area (Å²) < 4.78 is 5.62. The molecule has 1 aromatic carbocycles. The van der Waals surface area contributed by atoms with Crippen molar-refractivity contribution in [2.45, 2.75) is 0 Å². The van der Waals surface area contributed by atoms with Crippen LogP contribution in [0.25, 0.3) is 22.6 Å². The lowest BCUT2D eigenvalue weighted by atomic mass is 10.3. The topological polar surface area (TPSA) is 64.9 Å². The van der Waals surface area contributed by atoms with Gasteiger partial charge in [0, 0.05) is 18.0 Å². The molecule has 0 spiro atoms. The van der Waals surface area contributed by atoms with Crippen molar-refractivity contribution in [1.29, 1.82) is 0 Å². The third-order valence-corrected chi connectivity index (χ3v) is 2.37. The number of nitrogens with two attached hydrogens (primary N) is 1. The molecule has 0 aliphatic carbocycles. The van der Waals surface area contributed by atoms with Crippen molar-refractivity contribution in [3.63, 3.8) is 0 Å². The van der Waals surface area contributed by atoms with Gasteiger partial charge in [0.2, 0.25) is 5.89 Å². The number of para-hydroxylation sites is 1. The Labute approximate surface area is 91.7 Å². The minimum atomic E-state index is 0.565. The summed E-state index contributed by atoms with van der Waals surface area (Å²) in [6.45, 7) is 0. The molecule has 0 aliphatic heterocycles. The molecule has 4 nitrogen and oxygen atoms in total. The van der Waals surface area contributed by atoms with E-state index in [2.05, 4.69) is 9.97 Å². The van der Waals surface area contributed by atoms with Crippen LogP contribution >= 0.6 is 0 Å². The summed E-state index contributed by atoms with van der Waals surface area (Å²) in [4.78, 5) is 8.32. The van der Waals surface area contributed by atoms with Gasteiger partial charge in [-0.2, -0.15) is 0 Å². The summed E-state index contributed by atoms with van der Waals surface area (Å²) in [7, 11) is 0. The maximum Gasteiger partial charge on any atom is 0.227 e. The van der Waals surface area contributed by atoms with Crippen molar-refractivity contribution in [3.05, 3.63) is 42.7 Å². The molecule has 0 unspecified atom stereocenters. The zero-order chi connectivity index (χ0) is 11.0. The Morgan fingerprint density at radius 3 is 2.62 bits per heavy atom. The molecule has 3 rings (SSSR count). The highest BCUT2D eigenvalue weighted by molar-refractivity contribution is 5.86. The number of anilines is 1. The highest BCUT2D eigenvalue weighted by Crippen LogP contribution is 2.26.